The first-order valence-electron chi connectivity index (χ1n) is 4.27. The molecule has 0 saturated heterocycles. The number of halogens is 3. The Bertz CT molecular complexity index is 428. The van der Waals surface area contributed by atoms with Crippen LogP contribution >= 0.6 is 0 Å². The third-order valence-electron chi connectivity index (χ3n) is 1.71. The SMILES string of the molecule is O=C(O)c1ccc(NNC(=O)C(F)(F)F)cc1. The molecule has 0 saturated carbocycles. The number of hydrogen-bond acceptors (Lipinski definition) is 3. The van der Waals surface area contributed by atoms with E-state index >= 15 is 0 Å². The lowest BCUT2D eigenvalue weighted by atomic mass is 10.2. The molecule has 1 amide bonds. The van der Waals surface area contributed by atoms with Gasteiger partial charge in [-0.05, 0) is 24.3 Å². The highest BCUT2D eigenvalue weighted by Crippen LogP contribution is 2.14. The summed E-state index contributed by atoms with van der Waals surface area (Å²) in [6.07, 6.45) is -4.98. The van der Waals surface area contributed by atoms with Crippen molar-refractivity contribution in [3.05, 3.63) is 29.8 Å². The molecule has 0 aliphatic rings. The van der Waals surface area contributed by atoms with E-state index in [0.29, 0.717) is 0 Å². The maximum absolute atomic E-state index is 11.8. The predicted molar refractivity (Wildman–Crippen MR) is 51.2 cm³/mol. The van der Waals surface area contributed by atoms with Crippen LogP contribution in [0.1, 0.15) is 10.4 Å². The number of hydrazine groups is 1. The van der Waals surface area contributed by atoms with E-state index in [0.717, 1.165) is 0 Å². The molecular weight excluding hydrogens is 241 g/mol. The first-order chi connectivity index (χ1) is 7.80. The number of hydrogen-bond donors (Lipinski definition) is 3. The third-order valence-corrected chi connectivity index (χ3v) is 1.71. The Hall–Kier alpha value is -2.25. The van der Waals surface area contributed by atoms with Crippen LogP contribution in [0.5, 0.6) is 0 Å². The summed E-state index contributed by atoms with van der Waals surface area (Å²) in [4.78, 5) is 20.9. The predicted octanol–water partition coefficient (Wildman–Crippen LogP) is 1.39. The second kappa shape index (κ2) is 4.73. The molecule has 0 unspecified atom stereocenters. The summed E-state index contributed by atoms with van der Waals surface area (Å²) >= 11 is 0. The van der Waals surface area contributed by atoms with E-state index in [2.05, 4.69) is 0 Å². The minimum Gasteiger partial charge on any atom is -0.478 e. The van der Waals surface area contributed by atoms with E-state index in [-0.39, 0.29) is 11.3 Å². The third kappa shape index (κ3) is 3.67. The van der Waals surface area contributed by atoms with Gasteiger partial charge in [-0.3, -0.25) is 15.6 Å². The molecule has 0 bridgehead atoms. The number of rotatable bonds is 3. The fraction of sp³-hybridized carbons (Fsp3) is 0.111. The van der Waals surface area contributed by atoms with E-state index in [9.17, 15) is 22.8 Å². The highest BCUT2D eigenvalue weighted by Gasteiger charge is 2.38. The minimum atomic E-state index is -4.98. The van der Waals surface area contributed by atoms with Crippen molar-refractivity contribution in [1.29, 1.82) is 0 Å². The molecule has 0 spiro atoms. The number of benzene rings is 1. The van der Waals surface area contributed by atoms with Gasteiger partial charge in [0.05, 0.1) is 11.3 Å². The summed E-state index contributed by atoms with van der Waals surface area (Å²) in [6, 6.07) is 4.81. The standard InChI is InChI=1S/C9H7F3N2O3/c10-9(11,12)8(17)14-13-6-3-1-5(2-4-6)7(15)16/h1-4,13H,(H,14,17)(H,15,16). The molecule has 92 valence electrons. The van der Waals surface area contributed by atoms with E-state index in [4.69, 9.17) is 5.11 Å². The van der Waals surface area contributed by atoms with Crippen LogP contribution in [0.3, 0.4) is 0 Å². The van der Waals surface area contributed by atoms with Gasteiger partial charge in [-0.25, -0.2) is 4.79 Å². The van der Waals surface area contributed by atoms with Crippen LogP contribution in [0.4, 0.5) is 18.9 Å². The Morgan fingerprint density at radius 2 is 1.65 bits per heavy atom. The number of carboxylic acid groups (broad SMARTS) is 1. The number of alkyl halides is 3. The molecule has 0 aromatic heterocycles. The zero-order valence-electron chi connectivity index (χ0n) is 8.21. The van der Waals surface area contributed by atoms with Gasteiger partial charge in [0.25, 0.3) is 0 Å². The molecule has 5 nitrogen and oxygen atoms in total. The van der Waals surface area contributed by atoms with Gasteiger partial charge in [-0.15, -0.1) is 0 Å². The van der Waals surface area contributed by atoms with Crippen LogP contribution in [0.25, 0.3) is 0 Å². The summed E-state index contributed by atoms with van der Waals surface area (Å²) in [5.74, 6) is -3.30. The Kier molecular flexibility index (Phi) is 3.56. The highest BCUT2D eigenvalue weighted by atomic mass is 19.4. The monoisotopic (exact) mass is 248 g/mol. The van der Waals surface area contributed by atoms with Gasteiger partial charge >= 0.3 is 18.1 Å². The number of carboxylic acids is 1. The average Bonchev–Trinajstić information content (AvgIpc) is 2.25. The molecule has 1 rings (SSSR count). The molecule has 1 aromatic rings. The van der Waals surface area contributed by atoms with Crippen LogP contribution in [0, 0.1) is 0 Å². The fourth-order valence-electron chi connectivity index (χ4n) is 0.896. The largest absolute Gasteiger partial charge is 0.478 e. The van der Waals surface area contributed by atoms with E-state index in [1.807, 2.05) is 5.43 Å². The second-order valence-corrected chi connectivity index (χ2v) is 2.96. The molecule has 8 heteroatoms. The summed E-state index contributed by atoms with van der Waals surface area (Å²) in [5.41, 5.74) is 3.55. The maximum atomic E-state index is 11.8. The highest BCUT2D eigenvalue weighted by molar-refractivity contribution is 5.88. The lowest BCUT2D eigenvalue weighted by molar-refractivity contribution is -0.173. The van der Waals surface area contributed by atoms with Crippen molar-refractivity contribution < 1.29 is 27.9 Å². The van der Waals surface area contributed by atoms with Crippen molar-refractivity contribution in [3.63, 3.8) is 0 Å². The van der Waals surface area contributed by atoms with Crippen molar-refractivity contribution in [3.8, 4) is 0 Å². The van der Waals surface area contributed by atoms with Gasteiger partial charge in [0.2, 0.25) is 0 Å². The van der Waals surface area contributed by atoms with Crippen LogP contribution in [0.15, 0.2) is 24.3 Å². The minimum absolute atomic E-state index is 0.0160. The zero-order valence-corrected chi connectivity index (χ0v) is 8.21. The van der Waals surface area contributed by atoms with E-state index in [1.165, 1.54) is 29.7 Å². The topological polar surface area (TPSA) is 78.4 Å². The molecule has 0 heterocycles. The van der Waals surface area contributed by atoms with E-state index < -0.39 is 18.1 Å². The van der Waals surface area contributed by atoms with Crippen molar-refractivity contribution >= 4 is 17.6 Å². The smallest absolute Gasteiger partial charge is 0.472 e. The average molecular weight is 248 g/mol. The maximum Gasteiger partial charge on any atom is 0.472 e. The molecule has 3 N–H and O–H groups in total. The molecule has 17 heavy (non-hydrogen) atoms. The molecular formula is C9H7F3N2O3. The number of nitrogens with one attached hydrogen (secondary N) is 2. The summed E-state index contributed by atoms with van der Waals surface area (Å²) in [7, 11) is 0. The van der Waals surface area contributed by atoms with Gasteiger partial charge in [-0.2, -0.15) is 13.2 Å². The number of anilines is 1. The number of aromatic carboxylic acids is 1. The van der Waals surface area contributed by atoms with Crippen LogP contribution < -0.4 is 10.9 Å². The van der Waals surface area contributed by atoms with Gasteiger partial charge < -0.3 is 5.11 Å². The van der Waals surface area contributed by atoms with E-state index in [1.54, 1.807) is 0 Å². The zero-order chi connectivity index (χ0) is 13.1. The summed E-state index contributed by atoms with van der Waals surface area (Å²) in [6.45, 7) is 0. The first kappa shape index (κ1) is 12.8. The molecule has 0 radical (unpaired) electrons. The van der Waals surface area contributed by atoms with Crippen molar-refractivity contribution in [2.75, 3.05) is 5.43 Å². The lowest BCUT2D eigenvalue weighted by Gasteiger charge is -2.10. The molecule has 0 aliphatic heterocycles. The fourth-order valence-corrected chi connectivity index (χ4v) is 0.896. The summed E-state index contributed by atoms with van der Waals surface area (Å²) < 4.78 is 35.4. The van der Waals surface area contributed by atoms with Crippen molar-refractivity contribution in [2.45, 2.75) is 6.18 Å². The van der Waals surface area contributed by atoms with Crippen LogP contribution in [-0.4, -0.2) is 23.2 Å². The Morgan fingerprint density at radius 3 is 2.06 bits per heavy atom. The molecule has 0 atom stereocenters. The summed E-state index contributed by atoms with van der Waals surface area (Å²) in [5, 5.41) is 8.56. The van der Waals surface area contributed by atoms with Gasteiger partial charge in [0, 0.05) is 0 Å². The van der Waals surface area contributed by atoms with Crippen LogP contribution in [-0.2, 0) is 4.79 Å². The van der Waals surface area contributed by atoms with Crippen molar-refractivity contribution in [1.82, 2.24) is 5.43 Å². The Morgan fingerprint density at radius 1 is 1.12 bits per heavy atom. The normalized spacial score (nSPS) is 10.8. The van der Waals surface area contributed by atoms with Crippen LogP contribution in [0.2, 0.25) is 0 Å². The number of carbonyl (C=O) groups is 2. The first-order valence-corrected chi connectivity index (χ1v) is 4.27. The Labute approximate surface area is 93.2 Å². The molecule has 0 aliphatic carbocycles. The van der Waals surface area contributed by atoms with Gasteiger partial charge in [0.1, 0.15) is 0 Å². The second-order valence-electron chi connectivity index (χ2n) is 2.96. The molecule has 1 aromatic carbocycles. The van der Waals surface area contributed by atoms with Crippen molar-refractivity contribution in [2.24, 2.45) is 0 Å². The molecule has 0 fully saturated rings. The quantitative estimate of drug-likeness (QED) is 0.706. The number of carbonyl (C=O) groups excluding carboxylic acids is 1. The number of amides is 1. The van der Waals surface area contributed by atoms with Gasteiger partial charge in [-0.1, -0.05) is 0 Å². The Balaban J connectivity index is 2.59. The lowest BCUT2D eigenvalue weighted by Crippen LogP contribution is -2.40. The van der Waals surface area contributed by atoms with Gasteiger partial charge in [0.15, 0.2) is 0 Å².